The largest absolute Gasteiger partial charge is 0.494 e. The van der Waals surface area contributed by atoms with Gasteiger partial charge in [-0.05, 0) is 43.5 Å². The van der Waals surface area contributed by atoms with E-state index in [1.54, 1.807) is 12.1 Å². The highest BCUT2D eigenvalue weighted by molar-refractivity contribution is 5.29. The fourth-order valence-corrected chi connectivity index (χ4v) is 3.55. The first-order valence-electron chi connectivity index (χ1n) is 7.58. The zero-order valence-corrected chi connectivity index (χ0v) is 12.1. The molecule has 2 unspecified atom stereocenters. The van der Waals surface area contributed by atoms with Crippen LogP contribution >= 0.6 is 0 Å². The van der Waals surface area contributed by atoms with Crippen molar-refractivity contribution in [2.45, 2.75) is 44.3 Å². The highest BCUT2D eigenvalue weighted by Gasteiger charge is 2.34. The predicted octanol–water partition coefficient (Wildman–Crippen LogP) is 2.55. The van der Waals surface area contributed by atoms with Crippen LogP contribution in [0.15, 0.2) is 18.2 Å². The lowest BCUT2D eigenvalue weighted by atomic mass is 9.99. The van der Waals surface area contributed by atoms with E-state index in [0.717, 1.165) is 12.1 Å². The van der Waals surface area contributed by atoms with Gasteiger partial charge < -0.3 is 10.1 Å². The maximum atomic E-state index is 13.7. The first-order chi connectivity index (χ1) is 9.78. The molecule has 1 aromatic carbocycles. The number of rotatable bonds is 4. The molecular weight excluding hydrogens is 255 g/mol. The van der Waals surface area contributed by atoms with Gasteiger partial charge in [0.1, 0.15) is 0 Å². The monoisotopic (exact) mass is 278 g/mol. The van der Waals surface area contributed by atoms with Crippen LogP contribution in [-0.4, -0.2) is 37.2 Å². The second-order valence-corrected chi connectivity index (χ2v) is 5.84. The molecule has 2 fully saturated rings. The minimum Gasteiger partial charge on any atom is -0.494 e. The van der Waals surface area contributed by atoms with Gasteiger partial charge in [-0.15, -0.1) is 0 Å². The van der Waals surface area contributed by atoms with Crippen molar-refractivity contribution in [3.63, 3.8) is 0 Å². The summed E-state index contributed by atoms with van der Waals surface area (Å²) in [5.74, 6) is 0.0330. The molecule has 4 heteroatoms. The van der Waals surface area contributed by atoms with Crippen molar-refractivity contribution in [1.82, 2.24) is 10.2 Å². The SMILES string of the molecule is COc1ccc(CNC2CCN3CCCCC23)cc1F. The maximum Gasteiger partial charge on any atom is 0.165 e. The van der Waals surface area contributed by atoms with Gasteiger partial charge in [-0.3, -0.25) is 4.90 Å². The van der Waals surface area contributed by atoms with Crippen LogP contribution in [0.3, 0.4) is 0 Å². The zero-order valence-electron chi connectivity index (χ0n) is 12.1. The minimum absolute atomic E-state index is 0.280. The Hall–Kier alpha value is -1.13. The maximum absolute atomic E-state index is 13.7. The molecule has 0 amide bonds. The average Bonchev–Trinajstić information content (AvgIpc) is 2.88. The summed E-state index contributed by atoms with van der Waals surface area (Å²) < 4.78 is 18.6. The Labute approximate surface area is 120 Å². The first-order valence-corrected chi connectivity index (χ1v) is 7.58. The molecule has 110 valence electrons. The molecule has 1 N–H and O–H groups in total. The van der Waals surface area contributed by atoms with E-state index in [1.165, 1.54) is 45.9 Å². The van der Waals surface area contributed by atoms with Gasteiger partial charge >= 0.3 is 0 Å². The normalized spacial score (nSPS) is 26.5. The first kappa shape index (κ1) is 13.8. The fraction of sp³-hybridized carbons (Fsp3) is 0.625. The third kappa shape index (κ3) is 2.81. The fourth-order valence-electron chi connectivity index (χ4n) is 3.55. The van der Waals surface area contributed by atoms with E-state index < -0.39 is 0 Å². The molecule has 2 aliphatic heterocycles. The summed E-state index contributed by atoms with van der Waals surface area (Å²) in [6.07, 6.45) is 5.20. The lowest BCUT2D eigenvalue weighted by Crippen LogP contribution is -2.44. The highest BCUT2D eigenvalue weighted by Crippen LogP contribution is 2.27. The number of hydrogen-bond acceptors (Lipinski definition) is 3. The third-order valence-corrected chi connectivity index (χ3v) is 4.64. The molecule has 2 heterocycles. The number of piperidine rings is 1. The Kier molecular flexibility index (Phi) is 4.22. The topological polar surface area (TPSA) is 24.5 Å². The summed E-state index contributed by atoms with van der Waals surface area (Å²) in [5, 5.41) is 3.61. The molecule has 3 rings (SSSR count). The molecule has 0 saturated carbocycles. The van der Waals surface area contributed by atoms with E-state index in [0.29, 0.717) is 17.8 Å². The van der Waals surface area contributed by atoms with Gasteiger partial charge in [-0.1, -0.05) is 12.5 Å². The predicted molar refractivity (Wildman–Crippen MR) is 77.4 cm³/mol. The number of halogens is 1. The van der Waals surface area contributed by atoms with E-state index >= 15 is 0 Å². The van der Waals surface area contributed by atoms with E-state index in [2.05, 4.69) is 10.2 Å². The summed E-state index contributed by atoms with van der Waals surface area (Å²) in [7, 11) is 1.49. The summed E-state index contributed by atoms with van der Waals surface area (Å²) in [5.41, 5.74) is 0.984. The molecule has 0 spiro atoms. The Morgan fingerprint density at radius 3 is 3.00 bits per heavy atom. The van der Waals surface area contributed by atoms with Crippen molar-refractivity contribution >= 4 is 0 Å². The lowest BCUT2D eigenvalue weighted by Gasteiger charge is -2.32. The summed E-state index contributed by atoms with van der Waals surface area (Å²) >= 11 is 0. The van der Waals surface area contributed by atoms with Crippen LogP contribution in [0.2, 0.25) is 0 Å². The Morgan fingerprint density at radius 1 is 1.30 bits per heavy atom. The van der Waals surface area contributed by atoms with Crippen LogP contribution in [0.1, 0.15) is 31.2 Å². The number of hydrogen-bond donors (Lipinski definition) is 1. The smallest absolute Gasteiger partial charge is 0.165 e. The number of nitrogens with zero attached hydrogens (tertiary/aromatic N) is 1. The van der Waals surface area contributed by atoms with E-state index in [9.17, 15) is 4.39 Å². The van der Waals surface area contributed by atoms with Gasteiger partial charge in [-0.2, -0.15) is 0 Å². The van der Waals surface area contributed by atoms with Crippen LogP contribution in [0.25, 0.3) is 0 Å². The van der Waals surface area contributed by atoms with Gasteiger partial charge in [0.15, 0.2) is 11.6 Å². The highest BCUT2D eigenvalue weighted by atomic mass is 19.1. The van der Waals surface area contributed by atoms with Crippen LogP contribution in [0.5, 0.6) is 5.75 Å². The Bertz CT molecular complexity index is 466. The summed E-state index contributed by atoms with van der Waals surface area (Å²) in [6, 6.07) is 6.45. The molecule has 3 nitrogen and oxygen atoms in total. The van der Waals surface area contributed by atoms with Crippen molar-refractivity contribution in [2.24, 2.45) is 0 Å². The van der Waals surface area contributed by atoms with E-state index in [1.807, 2.05) is 6.07 Å². The quantitative estimate of drug-likeness (QED) is 0.916. The van der Waals surface area contributed by atoms with Crippen LogP contribution in [0.4, 0.5) is 4.39 Å². The summed E-state index contributed by atoms with van der Waals surface area (Å²) in [4.78, 5) is 2.61. The lowest BCUT2D eigenvalue weighted by molar-refractivity contribution is 0.180. The molecule has 0 bridgehead atoms. The molecule has 0 radical (unpaired) electrons. The molecular formula is C16H23FN2O. The molecule has 1 aromatic rings. The van der Waals surface area contributed by atoms with Crippen molar-refractivity contribution < 1.29 is 9.13 Å². The van der Waals surface area contributed by atoms with Crippen molar-refractivity contribution in [3.05, 3.63) is 29.6 Å². The van der Waals surface area contributed by atoms with Gasteiger partial charge in [0.25, 0.3) is 0 Å². The average molecular weight is 278 g/mol. The van der Waals surface area contributed by atoms with Crippen LogP contribution in [-0.2, 0) is 6.54 Å². The number of fused-ring (bicyclic) bond motifs is 1. The van der Waals surface area contributed by atoms with Crippen molar-refractivity contribution in [3.8, 4) is 5.75 Å². The second kappa shape index (κ2) is 6.10. The Balaban J connectivity index is 1.58. The molecule has 2 saturated heterocycles. The summed E-state index contributed by atoms with van der Waals surface area (Å²) in [6.45, 7) is 3.19. The van der Waals surface area contributed by atoms with Crippen LogP contribution in [0, 0.1) is 5.82 Å². The van der Waals surface area contributed by atoms with Gasteiger partial charge in [-0.25, -0.2) is 4.39 Å². The van der Waals surface area contributed by atoms with Crippen molar-refractivity contribution in [2.75, 3.05) is 20.2 Å². The standard InChI is InChI=1S/C16H23FN2O/c1-20-16-6-5-12(10-13(16)17)11-18-14-7-9-19-8-3-2-4-15(14)19/h5-6,10,14-15,18H,2-4,7-9,11H2,1H3. The number of nitrogens with one attached hydrogen (secondary N) is 1. The van der Waals surface area contributed by atoms with Gasteiger partial charge in [0.2, 0.25) is 0 Å². The van der Waals surface area contributed by atoms with Gasteiger partial charge in [0.05, 0.1) is 7.11 Å². The Morgan fingerprint density at radius 2 is 2.20 bits per heavy atom. The van der Waals surface area contributed by atoms with E-state index in [4.69, 9.17) is 4.74 Å². The zero-order chi connectivity index (χ0) is 13.9. The third-order valence-electron chi connectivity index (χ3n) is 4.64. The molecule has 0 aromatic heterocycles. The number of ether oxygens (including phenoxy) is 1. The van der Waals surface area contributed by atoms with Crippen molar-refractivity contribution in [1.29, 1.82) is 0 Å². The minimum atomic E-state index is -0.280. The molecule has 20 heavy (non-hydrogen) atoms. The molecule has 2 atom stereocenters. The van der Waals surface area contributed by atoms with Gasteiger partial charge in [0, 0.05) is 25.2 Å². The van der Waals surface area contributed by atoms with Crippen LogP contribution < -0.4 is 10.1 Å². The molecule has 2 aliphatic rings. The second-order valence-electron chi connectivity index (χ2n) is 5.84. The molecule has 0 aliphatic carbocycles. The number of benzene rings is 1. The number of methoxy groups -OCH3 is 1. The van der Waals surface area contributed by atoms with E-state index in [-0.39, 0.29) is 5.82 Å².